The van der Waals surface area contributed by atoms with Crippen LogP contribution in [0.25, 0.3) is 0 Å². The summed E-state index contributed by atoms with van der Waals surface area (Å²) < 4.78 is 59.5. The van der Waals surface area contributed by atoms with Crippen LogP contribution in [0, 0.1) is 0 Å². The van der Waals surface area contributed by atoms with Gasteiger partial charge in [-0.25, -0.2) is 17.6 Å². The molecule has 0 aromatic heterocycles. The molecule has 0 rings (SSSR count). The smallest absolute Gasteiger partial charge is 0.254 e. The van der Waals surface area contributed by atoms with E-state index >= 15 is 0 Å². The van der Waals surface area contributed by atoms with Crippen molar-refractivity contribution in [2.45, 2.75) is 38.5 Å². The third-order valence-electron chi connectivity index (χ3n) is 1.34. The molecule has 0 bridgehead atoms. The molecule has 1 nitrogen and oxygen atoms in total. The Morgan fingerprint density at radius 1 is 1.19 bits per heavy atom. The molecular weight excluding hydrogens is 251 g/mol. The molecule has 0 aromatic carbocycles. The van der Waals surface area contributed by atoms with Gasteiger partial charge in [0.2, 0.25) is 0 Å². The lowest BCUT2D eigenvalue weighted by Gasteiger charge is -2.19. The first kappa shape index (κ1) is 18.0. The summed E-state index contributed by atoms with van der Waals surface area (Å²) in [4.78, 5) is 10.4. The van der Waals surface area contributed by atoms with E-state index in [-0.39, 0.29) is 10.9 Å². The van der Waals surface area contributed by atoms with E-state index < -0.39 is 24.7 Å². The molecule has 0 unspecified atom stereocenters. The van der Waals surface area contributed by atoms with Crippen LogP contribution in [0.4, 0.5) is 22.0 Å². The van der Waals surface area contributed by atoms with Crippen LogP contribution < -0.4 is 0 Å². The van der Waals surface area contributed by atoms with Crippen molar-refractivity contribution < 1.29 is 26.7 Å². The Hall–Kier alpha value is -0.330. The van der Waals surface area contributed by atoms with Gasteiger partial charge in [0, 0.05) is 19.1 Å². The largest absolute Gasteiger partial charge is 0.288 e. The van der Waals surface area contributed by atoms with Crippen molar-refractivity contribution in [1.29, 1.82) is 0 Å². The number of carbonyl (C=O) groups is 1. The average molecular weight is 266 g/mol. The minimum atomic E-state index is -3.40. The van der Waals surface area contributed by atoms with Gasteiger partial charge in [-0.15, -0.1) is 0 Å². The molecule has 0 radical (unpaired) electrons. The van der Waals surface area contributed by atoms with E-state index in [1.807, 2.05) is 0 Å². The highest BCUT2D eigenvalue weighted by Crippen LogP contribution is 2.33. The zero-order valence-electron chi connectivity index (χ0n) is 9.33. The molecule has 0 aliphatic carbocycles. The van der Waals surface area contributed by atoms with Crippen LogP contribution in [-0.2, 0) is 4.79 Å². The molecular formula is C9H15F5OS. The minimum absolute atomic E-state index is 0.127. The van der Waals surface area contributed by atoms with Crippen LogP contribution in [-0.4, -0.2) is 29.9 Å². The Balaban J connectivity index is 0. The van der Waals surface area contributed by atoms with Crippen LogP contribution in [0.2, 0.25) is 0 Å². The standard InChI is InChI=1S/C8H12F4OS.CH3F/c1-6(13)14-4-3-8(11,12)5-7(2,9)10;1-2/h3-5H2,1-2H3;1H3. The van der Waals surface area contributed by atoms with Gasteiger partial charge in [0.1, 0.15) is 0 Å². The number of hydrogen-bond acceptors (Lipinski definition) is 2. The minimum Gasteiger partial charge on any atom is -0.288 e. The second kappa shape index (κ2) is 7.86. The van der Waals surface area contributed by atoms with Gasteiger partial charge >= 0.3 is 0 Å². The molecule has 0 heterocycles. The molecule has 0 atom stereocenters. The highest BCUT2D eigenvalue weighted by Gasteiger charge is 2.39. The fourth-order valence-corrected chi connectivity index (χ4v) is 1.57. The Kier molecular flexibility index (Phi) is 8.87. The number of rotatable bonds is 5. The van der Waals surface area contributed by atoms with E-state index in [9.17, 15) is 26.7 Å². The zero-order valence-corrected chi connectivity index (χ0v) is 10.1. The molecule has 0 spiro atoms. The van der Waals surface area contributed by atoms with Crippen molar-refractivity contribution in [2.75, 3.05) is 12.9 Å². The van der Waals surface area contributed by atoms with Crippen LogP contribution in [0.1, 0.15) is 26.7 Å². The molecule has 0 aliphatic rings. The van der Waals surface area contributed by atoms with Crippen LogP contribution in [0.3, 0.4) is 0 Å². The number of carbonyl (C=O) groups excluding carboxylic acids is 1. The third-order valence-corrected chi connectivity index (χ3v) is 2.16. The normalized spacial score (nSPS) is 11.8. The van der Waals surface area contributed by atoms with Crippen molar-refractivity contribution in [3.8, 4) is 0 Å². The van der Waals surface area contributed by atoms with E-state index in [2.05, 4.69) is 0 Å². The van der Waals surface area contributed by atoms with Crippen molar-refractivity contribution >= 4 is 16.9 Å². The van der Waals surface area contributed by atoms with Crippen LogP contribution >= 0.6 is 11.8 Å². The quantitative estimate of drug-likeness (QED) is 0.701. The molecule has 0 aliphatic heterocycles. The van der Waals surface area contributed by atoms with Gasteiger partial charge in [-0.2, -0.15) is 0 Å². The first-order valence-corrected chi connectivity index (χ1v) is 5.38. The van der Waals surface area contributed by atoms with Gasteiger partial charge < -0.3 is 0 Å². The summed E-state index contributed by atoms with van der Waals surface area (Å²) in [7, 11) is 0.500. The van der Waals surface area contributed by atoms with E-state index in [4.69, 9.17) is 0 Å². The molecule has 0 amide bonds. The Bertz CT molecular complexity index is 203. The lowest BCUT2D eigenvalue weighted by Crippen LogP contribution is -2.27. The highest BCUT2D eigenvalue weighted by molar-refractivity contribution is 8.13. The summed E-state index contributed by atoms with van der Waals surface area (Å²) in [6.07, 6.45) is -2.15. The van der Waals surface area contributed by atoms with Gasteiger partial charge in [0.25, 0.3) is 11.8 Å². The molecule has 0 saturated heterocycles. The monoisotopic (exact) mass is 266 g/mol. The average Bonchev–Trinajstić information content (AvgIpc) is 2.01. The lowest BCUT2D eigenvalue weighted by atomic mass is 10.1. The number of thioether (sulfide) groups is 1. The van der Waals surface area contributed by atoms with Gasteiger partial charge in [-0.1, -0.05) is 11.8 Å². The lowest BCUT2D eigenvalue weighted by molar-refractivity contribution is -0.109. The van der Waals surface area contributed by atoms with Crippen molar-refractivity contribution in [3.05, 3.63) is 0 Å². The summed E-state index contributed by atoms with van der Waals surface area (Å²) in [6.45, 7) is 1.70. The molecule has 16 heavy (non-hydrogen) atoms. The SMILES string of the molecule is CC(=O)SCCC(F)(F)CC(C)(F)F.CF. The second-order valence-corrected chi connectivity index (χ2v) is 4.46. The van der Waals surface area contributed by atoms with Gasteiger partial charge in [-0.05, 0) is 6.92 Å². The van der Waals surface area contributed by atoms with Gasteiger partial charge in [-0.3, -0.25) is 9.18 Å². The number of halogens is 5. The van der Waals surface area contributed by atoms with E-state index in [1.54, 1.807) is 0 Å². The maximum Gasteiger partial charge on any atom is 0.254 e. The van der Waals surface area contributed by atoms with Crippen molar-refractivity contribution in [2.24, 2.45) is 0 Å². The number of hydrogen-bond donors (Lipinski definition) is 0. The van der Waals surface area contributed by atoms with Crippen LogP contribution in [0.5, 0.6) is 0 Å². The van der Waals surface area contributed by atoms with E-state index in [1.165, 1.54) is 6.92 Å². The molecule has 0 N–H and O–H groups in total. The van der Waals surface area contributed by atoms with E-state index in [0.29, 0.717) is 14.1 Å². The molecule has 0 saturated carbocycles. The Labute approximate surface area is 95.8 Å². The Morgan fingerprint density at radius 3 is 1.94 bits per heavy atom. The van der Waals surface area contributed by atoms with Crippen molar-refractivity contribution in [3.63, 3.8) is 0 Å². The maximum atomic E-state index is 12.8. The zero-order chi connectivity index (χ0) is 13.4. The molecule has 0 aromatic rings. The molecule has 7 heteroatoms. The Morgan fingerprint density at radius 2 is 1.62 bits per heavy atom. The number of alkyl halides is 5. The third kappa shape index (κ3) is 13.7. The first-order valence-electron chi connectivity index (χ1n) is 4.39. The second-order valence-electron chi connectivity index (χ2n) is 3.19. The molecule has 98 valence electrons. The maximum absolute atomic E-state index is 12.8. The summed E-state index contributed by atoms with van der Waals surface area (Å²) in [5, 5.41) is -0.288. The van der Waals surface area contributed by atoms with Crippen LogP contribution in [0.15, 0.2) is 0 Å². The summed E-state index contributed by atoms with van der Waals surface area (Å²) in [5.74, 6) is -6.90. The van der Waals surface area contributed by atoms with Crippen molar-refractivity contribution in [1.82, 2.24) is 0 Å². The fourth-order valence-electron chi connectivity index (χ4n) is 0.887. The predicted octanol–water partition coefficient (Wildman–Crippen LogP) is 3.92. The topological polar surface area (TPSA) is 17.1 Å². The van der Waals surface area contributed by atoms with Gasteiger partial charge in [0.05, 0.1) is 13.6 Å². The molecule has 0 fully saturated rings. The summed E-state index contributed by atoms with van der Waals surface area (Å²) >= 11 is 0.720. The fraction of sp³-hybridized carbons (Fsp3) is 0.889. The van der Waals surface area contributed by atoms with E-state index in [0.717, 1.165) is 11.8 Å². The predicted molar refractivity (Wildman–Crippen MR) is 55.0 cm³/mol. The van der Waals surface area contributed by atoms with Gasteiger partial charge in [0.15, 0.2) is 5.12 Å². The summed E-state index contributed by atoms with van der Waals surface area (Å²) in [5.41, 5.74) is 0. The first-order chi connectivity index (χ1) is 7.12. The highest BCUT2D eigenvalue weighted by atomic mass is 32.2. The summed E-state index contributed by atoms with van der Waals surface area (Å²) in [6, 6.07) is 0.